The number of carbonyl (C=O) groups is 2. The van der Waals surface area contributed by atoms with E-state index in [1.807, 2.05) is 30.3 Å². The van der Waals surface area contributed by atoms with Gasteiger partial charge in [-0.1, -0.05) is 66.4 Å². The predicted octanol–water partition coefficient (Wildman–Crippen LogP) is 4.24. The van der Waals surface area contributed by atoms with Crippen LogP contribution in [0.1, 0.15) is 38.2 Å². The number of hydrogen-bond acceptors (Lipinski definition) is 4. The maximum absolute atomic E-state index is 13.5. The molecule has 1 atom stereocenters. The molecule has 0 saturated heterocycles. The van der Waals surface area contributed by atoms with Gasteiger partial charge in [0, 0.05) is 17.6 Å². The first-order valence-electron chi connectivity index (χ1n) is 11.1. The molecule has 0 aliphatic heterocycles. The second kappa shape index (κ2) is 11.4. The van der Waals surface area contributed by atoms with Gasteiger partial charge in [-0.2, -0.15) is 0 Å². The molecule has 34 heavy (non-hydrogen) atoms. The van der Waals surface area contributed by atoms with Gasteiger partial charge in [-0.3, -0.25) is 13.9 Å². The van der Waals surface area contributed by atoms with E-state index in [9.17, 15) is 18.0 Å². The average molecular weight is 526 g/mol. The molecule has 0 radical (unpaired) electrons. The average Bonchev–Trinajstić information content (AvgIpc) is 3.28. The van der Waals surface area contributed by atoms with Gasteiger partial charge in [0.1, 0.15) is 12.6 Å². The Bertz CT molecular complexity index is 1120. The fourth-order valence-corrected chi connectivity index (χ4v) is 5.46. The van der Waals surface area contributed by atoms with E-state index in [2.05, 4.69) is 5.32 Å². The number of sulfonamides is 1. The highest BCUT2D eigenvalue weighted by molar-refractivity contribution is 7.92. The van der Waals surface area contributed by atoms with E-state index < -0.39 is 28.5 Å². The SMILES string of the molecule is CC(C(=O)NC1CCCC1)N(Cc1ccccc1)C(=O)CN(c1ccc(Cl)cc1Cl)S(C)(=O)=O. The van der Waals surface area contributed by atoms with Crippen LogP contribution in [0.2, 0.25) is 10.0 Å². The van der Waals surface area contributed by atoms with Crippen molar-refractivity contribution in [3.8, 4) is 0 Å². The van der Waals surface area contributed by atoms with Crippen LogP contribution in [0.3, 0.4) is 0 Å². The lowest BCUT2D eigenvalue weighted by atomic mass is 10.1. The van der Waals surface area contributed by atoms with Gasteiger partial charge in [0.25, 0.3) is 0 Å². The highest BCUT2D eigenvalue weighted by Crippen LogP contribution is 2.30. The van der Waals surface area contributed by atoms with Gasteiger partial charge in [-0.05, 0) is 43.5 Å². The minimum Gasteiger partial charge on any atom is -0.352 e. The predicted molar refractivity (Wildman–Crippen MR) is 136 cm³/mol. The number of rotatable bonds is 9. The smallest absolute Gasteiger partial charge is 0.244 e. The summed E-state index contributed by atoms with van der Waals surface area (Å²) in [5.41, 5.74) is 0.969. The van der Waals surface area contributed by atoms with E-state index in [1.54, 1.807) is 6.92 Å². The summed E-state index contributed by atoms with van der Waals surface area (Å²) in [6, 6.07) is 12.9. The second-order valence-electron chi connectivity index (χ2n) is 8.54. The summed E-state index contributed by atoms with van der Waals surface area (Å²) >= 11 is 12.2. The number of halogens is 2. The zero-order valence-electron chi connectivity index (χ0n) is 19.2. The summed E-state index contributed by atoms with van der Waals surface area (Å²) in [6.07, 6.45) is 4.97. The Hall–Kier alpha value is -2.29. The van der Waals surface area contributed by atoms with Gasteiger partial charge >= 0.3 is 0 Å². The Labute approximate surface area is 211 Å². The number of anilines is 1. The van der Waals surface area contributed by atoms with Gasteiger partial charge in [-0.25, -0.2) is 8.42 Å². The molecule has 0 bridgehead atoms. The molecule has 0 aromatic heterocycles. The lowest BCUT2D eigenvalue weighted by Crippen LogP contribution is -2.52. The molecule has 1 unspecified atom stereocenters. The van der Waals surface area contributed by atoms with Crippen molar-refractivity contribution >= 4 is 50.7 Å². The first-order chi connectivity index (χ1) is 16.1. The summed E-state index contributed by atoms with van der Waals surface area (Å²) < 4.78 is 26.1. The molecule has 1 aliphatic carbocycles. The fourth-order valence-electron chi connectivity index (χ4n) is 4.03. The Morgan fingerprint density at radius 3 is 2.32 bits per heavy atom. The molecular formula is C24H29Cl2N3O4S. The van der Waals surface area contributed by atoms with Gasteiger partial charge in [-0.15, -0.1) is 0 Å². The molecule has 2 amide bonds. The van der Waals surface area contributed by atoms with Crippen molar-refractivity contribution in [2.45, 2.75) is 51.2 Å². The molecule has 1 fully saturated rings. The van der Waals surface area contributed by atoms with Gasteiger partial charge in [0.15, 0.2) is 0 Å². The number of hydrogen-bond donors (Lipinski definition) is 1. The van der Waals surface area contributed by atoms with E-state index in [4.69, 9.17) is 23.2 Å². The van der Waals surface area contributed by atoms with Crippen molar-refractivity contribution in [3.05, 3.63) is 64.1 Å². The normalized spacial score (nSPS) is 15.1. The molecule has 2 aromatic rings. The fraction of sp³-hybridized carbons (Fsp3) is 0.417. The van der Waals surface area contributed by atoms with Crippen LogP contribution in [0.15, 0.2) is 48.5 Å². The summed E-state index contributed by atoms with van der Waals surface area (Å²) in [6.45, 7) is 1.31. The number of nitrogens with one attached hydrogen (secondary N) is 1. The second-order valence-corrected chi connectivity index (χ2v) is 11.3. The van der Waals surface area contributed by atoms with E-state index in [0.717, 1.165) is 41.8 Å². The van der Waals surface area contributed by atoms with Crippen molar-refractivity contribution in [2.24, 2.45) is 0 Å². The van der Waals surface area contributed by atoms with Crippen molar-refractivity contribution in [1.29, 1.82) is 0 Å². The Morgan fingerprint density at radius 1 is 1.09 bits per heavy atom. The third-order valence-electron chi connectivity index (χ3n) is 5.92. The standard InChI is InChI=1S/C24H29Cl2N3O4S/c1-17(24(31)27-20-10-6-7-11-20)28(15-18-8-4-3-5-9-18)23(30)16-29(34(2,32)33)22-13-12-19(25)14-21(22)26/h3-5,8-9,12-14,17,20H,6-7,10-11,15-16H2,1-2H3,(H,27,31). The molecule has 184 valence electrons. The van der Waals surface area contributed by atoms with Crippen molar-refractivity contribution < 1.29 is 18.0 Å². The quantitative estimate of drug-likeness (QED) is 0.530. The lowest BCUT2D eigenvalue weighted by Gasteiger charge is -2.32. The summed E-state index contributed by atoms with van der Waals surface area (Å²) in [5.74, 6) is -0.777. The first-order valence-corrected chi connectivity index (χ1v) is 13.7. The van der Waals surface area contributed by atoms with E-state index in [1.165, 1.54) is 23.1 Å². The van der Waals surface area contributed by atoms with Crippen molar-refractivity contribution in [3.63, 3.8) is 0 Å². The topological polar surface area (TPSA) is 86.8 Å². The van der Waals surface area contributed by atoms with Gasteiger partial charge < -0.3 is 10.2 Å². The van der Waals surface area contributed by atoms with Crippen LogP contribution in [-0.4, -0.2) is 50.0 Å². The largest absolute Gasteiger partial charge is 0.352 e. The monoisotopic (exact) mass is 525 g/mol. The zero-order chi connectivity index (χ0) is 24.9. The van der Waals surface area contributed by atoms with Crippen LogP contribution >= 0.6 is 23.2 Å². The van der Waals surface area contributed by atoms with Crippen LogP contribution in [0.25, 0.3) is 0 Å². The van der Waals surface area contributed by atoms with Gasteiger partial charge in [0.2, 0.25) is 21.8 Å². The minimum absolute atomic E-state index is 0.101. The molecule has 1 saturated carbocycles. The first kappa shape index (κ1) is 26.3. The van der Waals surface area contributed by atoms with Crippen molar-refractivity contribution in [1.82, 2.24) is 10.2 Å². The summed E-state index contributed by atoms with van der Waals surface area (Å²) in [4.78, 5) is 27.9. The third kappa shape index (κ3) is 6.87. The molecule has 10 heteroatoms. The van der Waals surface area contributed by atoms with Crippen LogP contribution in [0.5, 0.6) is 0 Å². The Morgan fingerprint density at radius 2 is 1.74 bits per heavy atom. The molecule has 7 nitrogen and oxygen atoms in total. The zero-order valence-corrected chi connectivity index (χ0v) is 21.5. The number of carbonyl (C=O) groups excluding carboxylic acids is 2. The number of nitrogens with zero attached hydrogens (tertiary/aromatic N) is 2. The summed E-state index contributed by atoms with van der Waals surface area (Å²) in [5, 5.41) is 3.48. The molecule has 0 spiro atoms. The van der Waals surface area contributed by atoms with E-state index >= 15 is 0 Å². The molecule has 0 heterocycles. The van der Waals surface area contributed by atoms with Crippen molar-refractivity contribution in [2.75, 3.05) is 17.1 Å². The molecule has 1 aliphatic rings. The molecule has 3 rings (SSSR count). The lowest BCUT2D eigenvalue weighted by molar-refractivity contribution is -0.139. The van der Waals surface area contributed by atoms with Gasteiger partial charge in [0.05, 0.1) is 17.0 Å². The Kier molecular flexibility index (Phi) is 8.84. The Balaban J connectivity index is 1.88. The number of benzene rings is 2. The highest BCUT2D eigenvalue weighted by atomic mass is 35.5. The van der Waals surface area contributed by atoms with E-state index in [0.29, 0.717) is 5.02 Å². The van der Waals surface area contributed by atoms with Crippen LogP contribution in [0, 0.1) is 0 Å². The number of amides is 2. The maximum Gasteiger partial charge on any atom is 0.244 e. The van der Waals surface area contributed by atoms with Crippen LogP contribution in [0.4, 0.5) is 5.69 Å². The maximum atomic E-state index is 13.5. The minimum atomic E-state index is -3.86. The summed E-state index contributed by atoms with van der Waals surface area (Å²) in [7, 11) is -3.86. The van der Waals surface area contributed by atoms with E-state index in [-0.39, 0.29) is 29.2 Å². The van der Waals surface area contributed by atoms with Crippen LogP contribution < -0.4 is 9.62 Å². The highest BCUT2D eigenvalue weighted by Gasteiger charge is 2.31. The molecule has 1 N–H and O–H groups in total. The third-order valence-corrected chi connectivity index (χ3v) is 7.59. The van der Waals surface area contributed by atoms with Crippen LogP contribution in [-0.2, 0) is 26.2 Å². The molecule has 2 aromatic carbocycles. The molecular weight excluding hydrogens is 497 g/mol.